The lowest BCUT2D eigenvalue weighted by molar-refractivity contribution is -0.119. The van der Waals surface area contributed by atoms with Crippen LogP contribution in [0.2, 0.25) is 0 Å². The molecule has 3 aliphatic heterocycles. The molecule has 1 aromatic rings. The first kappa shape index (κ1) is 15.5. The standard InChI is InChI=1S/C12H11NO3.C5H9NO/c14-6-8-1-3-11-10(5-8)13-9(7-16-11)2-4-12(13)15;1-4-2-3-5(7)6-4/h1,3,5-6,9H,2,4,7H2;4H,2-3H2,1H3,(H,6,7)/t9-;/m0./s1. The van der Waals surface area contributed by atoms with Crippen molar-refractivity contribution in [3.8, 4) is 5.75 Å². The number of carbonyl (C=O) groups excluding carboxylic acids is 3. The van der Waals surface area contributed by atoms with Gasteiger partial charge in [-0.2, -0.15) is 0 Å². The molecule has 4 rings (SSSR count). The van der Waals surface area contributed by atoms with Gasteiger partial charge in [-0.15, -0.1) is 0 Å². The first-order valence-electron chi connectivity index (χ1n) is 7.92. The third-order valence-corrected chi connectivity index (χ3v) is 4.35. The quantitative estimate of drug-likeness (QED) is 0.800. The molecule has 23 heavy (non-hydrogen) atoms. The largest absolute Gasteiger partial charge is 0.489 e. The molecule has 1 aromatic carbocycles. The van der Waals surface area contributed by atoms with E-state index in [0.29, 0.717) is 30.4 Å². The van der Waals surface area contributed by atoms with Gasteiger partial charge in [0.25, 0.3) is 0 Å². The van der Waals surface area contributed by atoms with Crippen LogP contribution in [0.15, 0.2) is 18.2 Å². The predicted octanol–water partition coefficient (Wildman–Crippen LogP) is 1.67. The number of nitrogens with zero attached hydrogens (tertiary/aromatic N) is 1. The Kier molecular flexibility index (Phi) is 4.32. The van der Waals surface area contributed by atoms with E-state index >= 15 is 0 Å². The number of hydrogen-bond donors (Lipinski definition) is 1. The summed E-state index contributed by atoms with van der Waals surface area (Å²) in [4.78, 5) is 34.6. The molecule has 3 heterocycles. The van der Waals surface area contributed by atoms with Gasteiger partial charge in [0.2, 0.25) is 11.8 Å². The highest BCUT2D eigenvalue weighted by Crippen LogP contribution is 2.38. The molecule has 2 saturated heterocycles. The lowest BCUT2D eigenvalue weighted by Crippen LogP contribution is -2.40. The average molecular weight is 316 g/mol. The maximum Gasteiger partial charge on any atom is 0.227 e. The predicted molar refractivity (Wildman–Crippen MR) is 84.7 cm³/mol. The van der Waals surface area contributed by atoms with Crippen molar-refractivity contribution in [3.05, 3.63) is 23.8 Å². The summed E-state index contributed by atoms with van der Waals surface area (Å²) in [7, 11) is 0. The molecule has 0 aromatic heterocycles. The van der Waals surface area contributed by atoms with E-state index < -0.39 is 0 Å². The van der Waals surface area contributed by atoms with Crippen LogP contribution in [0.4, 0.5) is 5.69 Å². The molecule has 6 nitrogen and oxygen atoms in total. The van der Waals surface area contributed by atoms with Gasteiger partial charge in [0.1, 0.15) is 18.6 Å². The Bertz CT molecular complexity index is 643. The Labute approximate surface area is 134 Å². The molecule has 122 valence electrons. The fourth-order valence-electron chi connectivity index (χ4n) is 3.10. The van der Waals surface area contributed by atoms with Crippen molar-refractivity contribution in [3.63, 3.8) is 0 Å². The molecule has 3 aliphatic rings. The van der Waals surface area contributed by atoms with Gasteiger partial charge < -0.3 is 15.0 Å². The van der Waals surface area contributed by atoms with Crippen LogP contribution in [0.25, 0.3) is 0 Å². The van der Waals surface area contributed by atoms with Gasteiger partial charge in [-0.1, -0.05) is 0 Å². The lowest BCUT2D eigenvalue weighted by Gasteiger charge is -2.32. The molecular formula is C17H20N2O4. The van der Waals surface area contributed by atoms with E-state index in [0.717, 1.165) is 31.2 Å². The summed E-state index contributed by atoms with van der Waals surface area (Å²) >= 11 is 0. The second-order valence-corrected chi connectivity index (χ2v) is 6.12. The minimum atomic E-state index is 0.123. The smallest absolute Gasteiger partial charge is 0.227 e. The van der Waals surface area contributed by atoms with Crippen LogP contribution in [0.5, 0.6) is 5.75 Å². The minimum absolute atomic E-state index is 0.123. The minimum Gasteiger partial charge on any atom is -0.489 e. The van der Waals surface area contributed by atoms with E-state index in [1.54, 1.807) is 23.1 Å². The highest BCUT2D eigenvalue weighted by molar-refractivity contribution is 5.99. The highest BCUT2D eigenvalue weighted by atomic mass is 16.5. The first-order valence-corrected chi connectivity index (χ1v) is 7.92. The van der Waals surface area contributed by atoms with E-state index in [1.165, 1.54) is 0 Å². The van der Waals surface area contributed by atoms with Crippen molar-refractivity contribution in [2.75, 3.05) is 11.5 Å². The van der Waals surface area contributed by atoms with Gasteiger partial charge in [-0.05, 0) is 38.0 Å². The molecule has 1 N–H and O–H groups in total. The van der Waals surface area contributed by atoms with Crippen molar-refractivity contribution in [2.24, 2.45) is 0 Å². The third kappa shape index (κ3) is 3.21. The summed E-state index contributed by atoms with van der Waals surface area (Å²) in [5.41, 5.74) is 1.31. The Morgan fingerprint density at radius 2 is 2.09 bits per heavy atom. The molecule has 0 bridgehead atoms. The van der Waals surface area contributed by atoms with Gasteiger partial charge in [-0.25, -0.2) is 0 Å². The fourth-order valence-corrected chi connectivity index (χ4v) is 3.10. The van der Waals surface area contributed by atoms with Gasteiger partial charge in [0.15, 0.2) is 0 Å². The number of aldehydes is 1. The molecule has 0 spiro atoms. The molecule has 0 aliphatic carbocycles. The van der Waals surface area contributed by atoms with E-state index in [1.807, 2.05) is 6.92 Å². The Morgan fingerprint density at radius 3 is 2.70 bits per heavy atom. The van der Waals surface area contributed by atoms with Crippen LogP contribution in [0, 0.1) is 0 Å². The number of rotatable bonds is 1. The Balaban J connectivity index is 0.000000188. The maximum absolute atomic E-state index is 11.8. The number of benzene rings is 1. The number of amides is 2. The number of hydrogen-bond acceptors (Lipinski definition) is 4. The third-order valence-electron chi connectivity index (χ3n) is 4.35. The van der Waals surface area contributed by atoms with Gasteiger partial charge >= 0.3 is 0 Å². The summed E-state index contributed by atoms with van der Waals surface area (Å²) in [6.07, 6.45) is 3.92. The number of ether oxygens (including phenoxy) is 1. The van der Waals surface area contributed by atoms with Crippen molar-refractivity contribution in [1.82, 2.24) is 5.32 Å². The summed E-state index contributed by atoms with van der Waals surface area (Å²) in [6.45, 7) is 2.57. The zero-order chi connectivity index (χ0) is 16.4. The van der Waals surface area contributed by atoms with Crippen molar-refractivity contribution >= 4 is 23.8 Å². The fraction of sp³-hybridized carbons (Fsp3) is 0.471. The number of nitrogens with one attached hydrogen (secondary N) is 1. The molecule has 2 atom stereocenters. The molecule has 2 fully saturated rings. The van der Waals surface area contributed by atoms with Crippen LogP contribution in [0.1, 0.15) is 43.0 Å². The van der Waals surface area contributed by atoms with Gasteiger partial charge in [0, 0.05) is 24.4 Å². The van der Waals surface area contributed by atoms with Crippen LogP contribution in [0.3, 0.4) is 0 Å². The summed E-state index contributed by atoms with van der Waals surface area (Å²) in [5.74, 6) is 1.02. The second kappa shape index (κ2) is 6.40. The van der Waals surface area contributed by atoms with Crippen LogP contribution < -0.4 is 15.0 Å². The molecule has 0 saturated carbocycles. The van der Waals surface area contributed by atoms with Crippen LogP contribution in [-0.4, -0.2) is 36.8 Å². The number of carbonyl (C=O) groups is 3. The maximum atomic E-state index is 11.8. The first-order chi connectivity index (χ1) is 11.1. The number of anilines is 1. The van der Waals surface area contributed by atoms with Crippen molar-refractivity contribution in [2.45, 2.75) is 44.7 Å². The van der Waals surface area contributed by atoms with E-state index in [9.17, 15) is 14.4 Å². The lowest BCUT2D eigenvalue weighted by atomic mass is 10.1. The van der Waals surface area contributed by atoms with Crippen molar-refractivity contribution < 1.29 is 19.1 Å². The molecular weight excluding hydrogens is 296 g/mol. The van der Waals surface area contributed by atoms with Gasteiger partial charge in [-0.3, -0.25) is 14.4 Å². The van der Waals surface area contributed by atoms with E-state index in [-0.39, 0.29) is 17.9 Å². The topological polar surface area (TPSA) is 75.7 Å². The molecule has 0 radical (unpaired) electrons. The number of fused-ring (bicyclic) bond motifs is 3. The van der Waals surface area contributed by atoms with E-state index in [4.69, 9.17) is 4.74 Å². The van der Waals surface area contributed by atoms with Crippen LogP contribution in [-0.2, 0) is 9.59 Å². The van der Waals surface area contributed by atoms with Gasteiger partial charge in [0.05, 0.1) is 11.7 Å². The Morgan fingerprint density at radius 1 is 1.26 bits per heavy atom. The zero-order valence-electron chi connectivity index (χ0n) is 13.1. The monoisotopic (exact) mass is 316 g/mol. The highest BCUT2D eigenvalue weighted by Gasteiger charge is 2.37. The van der Waals surface area contributed by atoms with Crippen LogP contribution >= 0.6 is 0 Å². The molecule has 2 amide bonds. The second-order valence-electron chi connectivity index (χ2n) is 6.12. The zero-order valence-corrected chi connectivity index (χ0v) is 13.1. The molecule has 6 heteroatoms. The molecule has 1 unspecified atom stereocenters. The Hall–Kier alpha value is -2.37. The SMILES string of the molecule is CC1CCC(=O)N1.O=Cc1ccc2c(c1)N1C(=O)CC[C@H]1CO2. The summed E-state index contributed by atoms with van der Waals surface area (Å²) < 4.78 is 5.58. The van der Waals surface area contributed by atoms with Crippen molar-refractivity contribution in [1.29, 1.82) is 0 Å². The normalized spacial score (nSPS) is 24.8. The summed E-state index contributed by atoms with van der Waals surface area (Å²) in [6, 6.07) is 5.74. The summed E-state index contributed by atoms with van der Waals surface area (Å²) in [5, 5.41) is 2.78. The van der Waals surface area contributed by atoms with E-state index in [2.05, 4.69) is 5.32 Å². The average Bonchev–Trinajstić information content (AvgIpc) is 3.12.